The average Bonchev–Trinajstić information content (AvgIpc) is 3.14. The van der Waals surface area contributed by atoms with E-state index in [-0.39, 0.29) is 22.7 Å². The Morgan fingerprint density at radius 3 is 1.40 bits per heavy atom. The van der Waals surface area contributed by atoms with Gasteiger partial charge in [0.1, 0.15) is 53.9 Å². The van der Waals surface area contributed by atoms with Crippen LogP contribution in [0.4, 0.5) is 28.4 Å². The second-order valence-electron chi connectivity index (χ2n) is 12.3. The third-order valence-corrected chi connectivity index (χ3v) is 14.2. The van der Waals surface area contributed by atoms with Crippen LogP contribution in [-0.4, -0.2) is 120 Å². The Balaban J connectivity index is 1.92. The Labute approximate surface area is 358 Å². The number of nitrogens with two attached hydrogens (primary N) is 1. The molecule has 0 bridgehead atoms. The van der Waals surface area contributed by atoms with E-state index < -0.39 is 150 Å². The number of aryl methyl sites for hydroxylation is 1. The van der Waals surface area contributed by atoms with Gasteiger partial charge in [-0.15, -0.1) is 20.5 Å². The predicted molar refractivity (Wildman–Crippen MR) is 214 cm³/mol. The zero-order chi connectivity index (χ0) is 47.7. The summed E-state index contributed by atoms with van der Waals surface area (Å²) in [6, 6.07) is 4.96. The van der Waals surface area contributed by atoms with Crippen LogP contribution in [-0.2, 0) is 69.1 Å². The standard InChI is InChI=1S/C30H33N5O22S6/c1-15-9-22(58(37,38)7-5-56-62(47,48)49)20(54-3)12-17(15)32-35-29-25(61(44,45)46)11-16-10-24(60(41,42)43)28(27(31)26(16)30(29)36)34-33-18-13-21(55-4)23(14-19(18)53-2)59(39,40)8-6-57-63(50,51)52/h9-14,36H,5-8,31H2,1-4H3,(H,41,42,43)(H,44,45,46)(H,47,48,49)(H,50,51,52). The number of sulfone groups is 2. The van der Waals surface area contributed by atoms with Crippen LogP contribution < -0.4 is 19.9 Å². The van der Waals surface area contributed by atoms with Gasteiger partial charge in [-0.1, -0.05) is 0 Å². The molecule has 63 heavy (non-hydrogen) atoms. The number of hydrogen-bond acceptors (Lipinski definition) is 23. The highest BCUT2D eigenvalue weighted by Crippen LogP contribution is 2.49. The molecule has 0 spiro atoms. The SMILES string of the molecule is COc1cc(S(=O)(=O)CCOS(=O)(=O)O)c(OC)cc1N=Nc1c(S(=O)(=O)O)cc2cc(S(=O)(=O)O)c(N=Nc3cc(OC)c(S(=O)(=O)CCOS(=O)(=O)O)cc3C)c(O)c2c1N. The van der Waals surface area contributed by atoms with E-state index in [0.29, 0.717) is 12.1 Å². The van der Waals surface area contributed by atoms with Crippen molar-refractivity contribution in [3.05, 3.63) is 42.0 Å². The Kier molecular flexibility index (Phi) is 14.8. The number of phenols is 1. The fourth-order valence-electron chi connectivity index (χ4n) is 5.37. The van der Waals surface area contributed by atoms with Crippen molar-refractivity contribution in [1.82, 2.24) is 0 Å². The number of hydrogen-bond donors (Lipinski definition) is 6. The van der Waals surface area contributed by atoms with Crippen LogP contribution in [0.1, 0.15) is 5.56 Å². The highest BCUT2D eigenvalue weighted by atomic mass is 32.3. The van der Waals surface area contributed by atoms with Crippen LogP contribution in [0.15, 0.2) is 76.4 Å². The second-order valence-corrected chi connectivity index (χ2v) is 21.4. The van der Waals surface area contributed by atoms with Gasteiger partial charge in [0.2, 0.25) is 0 Å². The highest BCUT2D eigenvalue weighted by Gasteiger charge is 2.30. The molecule has 0 aliphatic carbocycles. The molecule has 0 aliphatic heterocycles. The lowest BCUT2D eigenvalue weighted by Crippen LogP contribution is -2.16. The third-order valence-electron chi connectivity index (χ3n) is 8.17. The summed E-state index contributed by atoms with van der Waals surface area (Å²) in [5, 5.41) is 25.5. The van der Waals surface area contributed by atoms with E-state index >= 15 is 0 Å². The molecule has 0 heterocycles. The van der Waals surface area contributed by atoms with Crippen molar-refractivity contribution in [2.75, 3.05) is 51.8 Å². The number of ether oxygens (including phenoxy) is 3. The van der Waals surface area contributed by atoms with Crippen molar-refractivity contribution in [2.45, 2.75) is 26.5 Å². The fourth-order valence-corrected chi connectivity index (χ4v) is 10.1. The topological polar surface area (TPSA) is 428 Å². The van der Waals surface area contributed by atoms with Crippen LogP contribution in [0.3, 0.4) is 0 Å². The summed E-state index contributed by atoms with van der Waals surface area (Å²) in [7, 11) is -26.4. The first kappa shape index (κ1) is 50.4. The molecule has 27 nitrogen and oxygen atoms in total. The van der Waals surface area contributed by atoms with E-state index in [9.17, 15) is 64.7 Å². The van der Waals surface area contributed by atoms with Gasteiger partial charge >= 0.3 is 20.8 Å². The maximum atomic E-state index is 13.0. The van der Waals surface area contributed by atoms with Crippen molar-refractivity contribution in [3.63, 3.8) is 0 Å². The molecule has 7 N–H and O–H groups in total. The number of benzene rings is 4. The molecule has 33 heteroatoms. The minimum absolute atomic E-state index is 0.00590. The first-order chi connectivity index (χ1) is 28.8. The van der Waals surface area contributed by atoms with E-state index in [1.807, 2.05) is 0 Å². The van der Waals surface area contributed by atoms with E-state index in [4.69, 9.17) is 29.0 Å². The van der Waals surface area contributed by atoms with E-state index in [1.54, 1.807) is 0 Å². The number of azo groups is 2. The quantitative estimate of drug-likeness (QED) is 0.0446. The summed E-state index contributed by atoms with van der Waals surface area (Å²) in [4.78, 5) is -3.43. The summed E-state index contributed by atoms with van der Waals surface area (Å²) < 4.78 is 207. The molecule has 0 unspecified atom stereocenters. The average molecular weight is 1010 g/mol. The smallest absolute Gasteiger partial charge is 0.397 e. The Hall–Kier alpha value is -5.20. The molecule has 0 radical (unpaired) electrons. The van der Waals surface area contributed by atoms with Crippen molar-refractivity contribution in [1.29, 1.82) is 0 Å². The van der Waals surface area contributed by atoms with Gasteiger partial charge in [0.15, 0.2) is 25.4 Å². The van der Waals surface area contributed by atoms with Gasteiger partial charge < -0.3 is 25.1 Å². The summed E-state index contributed by atoms with van der Waals surface area (Å²) in [6.45, 7) is -0.684. The van der Waals surface area contributed by atoms with Crippen molar-refractivity contribution in [2.24, 2.45) is 20.5 Å². The van der Waals surface area contributed by atoms with E-state index in [1.165, 1.54) is 6.92 Å². The Morgan fingerprint density at radius 1 is 0.540 bits per heavy atom. The molecule has 0 aliphatic rings. The van der Waals surface area contributed by atoms with Gasteiger partial charge in [-0.25, -0.2) is 25.2 Å². The lowest BCUT2D eigenvalue weighted by molar-refractivity contribution is 0.282. The van der Waals surface area contributed by atoms with E-state index in [0.717, 1.165) is 45.6 Å². The van der Waals surface area contributed by atoms with Crippen molar-refractivity contribution >= 4 is 99.9 Å². The second kappa shape index (κ2) is 18.5. The highest BCUT2D eigenvalue weighted by molar-refractivity contribution is 7.92. The van der Waals surface area contributed by atoms with Gasteiger partial charge in [-0.2, -0.15) is 33.7 Å². The first-order valence-electron chi connectivity index (χ1n) is 16.4. The molecule has 0 saturated carbocycles. The zero-order valence-electron chi connectivity index (χ0n) is 32.3. The molecule has 0 aromatic heterocycles. The number of nitrogens with zero attached hydrogens (tertiary/aromatic N) is 4. The number of anilines is 1. The number of phenolic OH excluding ortho intramolecular Hbond substituents is 1. The van der Waals surface area contributed by atoms with Gasteiger partial charge in [0.25, 0.3) is 20.2 Å². The minimum Gasteiger partial charge on any atom is -0.505 e. The molecule has 4 aromatic carbocycles. The Bertz CT molecular complexity index is 3250. The van der Waals surface area contributed by atoms with Crippen LogP contribution >= 0.6 is 0 Å². The number of nitrogen functional groups attached to an aromatic ring is 1. The molecule has 346 valence electrons. The molecule has 0 atom stereocenters. The molecular formula is C30H33N5O22S6. The lowest BCUT2D eigenvalue weighted by Gasteiger charge is -2.15. The zero-order valence-corrected chi connectivity index (χ0v) is 37.2. The molecular weight excluding hydrogens is 975 g/mol. The summed E-state index contributed by atoms with van der Waals surface area (Å²) in [6.07, 6.45) is 0. The number of methoxy groups -OCH3 is 3. The van der Waals surface area contributed by atoms with Gasteiger partial charge in [0.05, 0.1) is 62.8 Å². The van der Waals surface area contributed by atoms with Gasteiger partial charge in [-0.05, 0) is 36.1 Å². The Morgan fingerprint density at radius 2 is 0.952 bits per heavy atom. The van der Waals surface area contributed by atoms with Crippen molar-refractivity contribution in [3.8, 4) is 23.0 Å². The first-order valence-corrected chi connectivity index (χ1v) is 25.3. The summed E-state index contributed by atoms with van der Waals surface area (Å²) >= 11 is 0. The lowest BCUT2D eigenvalue weighted by atomic mass is 10.1. The van der Waals surface area contributed by atoms with Crippen LogP contribution in [0, 0.1) is 6.92 Å². The van der Waals surface area contributed by atoms with Crippen LogP contribution in [0.2, 0.25) is 0 Å². The van der Waals surface area contributed by atoms with Crippen LogP contribution in [0.25, 0.3) is 10.8 Å². The van der Waals surface area contributed by atoms with Crippen molar-refractivity contribution < 1.29 is 96.4 Å². The monoisotopic (exact) mass is 1010 g/mol. The molecule has 0 amide bonds. The normalized spacial score (nSPS) is 13.3. The molecule has 0 fully saturated rings. The predicted octanol–water partition coefficient (Wildman–Crippen LogP) is 2.97. The number of fused-ring (bicyclic) bond motifs is 1. The summed E-state index contributed by atoms with van der Waals surface area (Å²) in [5.74, 6) is -4.35. The largest absolute Gasteiger partial charge is 0.505 e. The minimum atomic E-state index is -5.38. The molecule has 0 saturated heterocycles. The number of aromatic hydroxyl groups is 1. The maximum absolute atomic E-state index is 13.0. The van der Waals surface area contributed by atoms with Crippen LogP contribution in [0.5, 0.6) is 23.0 Å². The molecule has 4 rings (SSSR count). The van der Waals surface area contributed by atoms with Gasteiger partial charge in [0, 0.05) is 18.2 Å². The maximum Gasteiger partial charge on any atom is 0.397 e. The number of rotatable bonds is 19. The van der Waals surface area contributed by atoms with Gasteiger partial charge in [-0.3, -0.25) is 18.2 Å². The third kappa shape index (κ3) is 12.1. The fraction of sp³-hybridized carbons (Fsp3) is 0.267. The molecule has 4 aromatic rings. The summed E-state index contributed by atoms with van der Waals surface area (Å²) in [5.41, 5.74) is 2.88. The van der Waals surface area contributed by atoms with E-state index in [2.05, 4.69) is 28.8 Å².